The van der Waals surface area contributed by atoms with Gasteiger partial charge in [-0.05, 0) is 25.5 Å². The predicted molar refractivity (Wildman–Crippen MR) is 107 cm³/mol. The average Bonchev–Trinajstić information content (AvgIpc) is 3.27. The molecule has 1 aromatic heterocycles. The summed E-state index contributed by atoms with van der Waals surface area (Å²) in [4.78, 5) is 6.31. The molecular weight excluding hydrogens is 380 g/mol. The topological polar surface area (TPSA) is 79.6 Å². The van der Waals surface area contributed by atoms with Gasteiger partial charge in [-0.25, -0.2) is 13.8 Å². The molecule has 1 aromatic carbocycles. The summed E-state index contributed by atoms with van der Waals surface area (Å²) in [5, 5.41) is 14.7. The number of ether oxygens (including phenoxy) is 1. The largest absolute Gasteiger partial charge is 0.383 e. The highest BCUT2D eigenvalue weighted by Crippen LogP contribution is 2.26. The zero-order valence-electron chi connectivity index (χ0n) is 17.0. The highest BCUT2D eigenvalue weighted by molar-refractivity contribution is 5.80. The third kappa shape index (κ3) is 5.20. The van der Waals surface area contributed by atoms with E-state index in [2.05, 4.69) is 25.8 Å². The fourth-order valence-electron chi connectivity index (χ4n) is 3.23. The summed E-state index contributed by atoms with van der Waals surface area (Å²) in [5.74, 6) is 1.07. The Kier molecular flexibility index (Phi) is 6.97. The highest BCUT2D eigenvalue weighted by Gasteiger charge is 2.27. The Labute approximate surface area is 169 Å². The van der Waals surface area contributed by atoms with Crippen LogP contribution in [0.25, 0.3) is 0 Å². The van der Waals surface area contributed by atoms with Gasteiger partial charge in [-0.1, -0.05) is 6.07 Å². The van der Waals surface area contributed by atoms with Gasteiger partial charge in [0.15, 0.2) is 11.8 Å². The lowest BCUT2D eigenvalue weighted by molar-refractivity contribution is 0.203. The lowest BCUT2D eigenvalue weighted by atomic mass is 10.2. The summed E-state index contributed by atoms with van der Waals surface area (Å²) >= 11 is 0. The van der Waals surface area contributed by atoms with E-state index < -0.39 is 11.6 Å². The summed E-state index contributed by atoms with van der Waals surface area (Å²) in [6.45, 7) is 4.39. The molecule has 1 saturated heterocycles. The summed E-state index contributed by atoms with van der Waals surface area (Å²) < 4.78 is 35.1. The average molecular weight is 407 g/mol. The Bertz CT molecular complexity index is 835. The number of anilines is 1. The number of methoxy groups -OCH3 is 1. The van der Waals surface area contributed by atoms with Gasteiger partial charge < -0.3 is 24.8 Å². The van der Waals surface area contributed by atoms with Crippen LogP contribution in [-0.2, 0) is 18.3 Å². The van der Waals surface area contributed by atoms with Crippen molar-refractivity contribution >= 4 is 11.6 Å². The molecule has 0 spiro atoms. The van der Waals surface area contributed by atoms with Gasteiger partial charge in [0.25, 0.3) is 0 Å². The molecule has 0 amide bonds. The molecule has 0 saturated carbocycles. The van der Waals surface area contributed by atoms with E-state index in [1.165, 1.54) is 18.2 Å². The minimum absolute atomic E-state index is 0.00373. The second-order valence-corrected chi connectivity index (χ2v) is 6.95. The molecule has 8 nitrogen and oxygen atoms in total. The minimum atomic E-state index is -0.546. The molecule has 10 heteroatoms. The lowest BCUT2D eigenvalue weighted by Crippen LogP contribution is -2.45. The Morgan fingerprint density at radius 1 is 1.31 bits per heavy atom. The number of guanidine groups is 1. The first-order chi connectivity index (χ1) is 14.0. The predicted octanol–water partition coefficient (Wildman–Crippen LogP) is 1.36. The number of hydrogen-bond acceptors (Lipinski definition) is 5. The fraction of sp³-hybridized carbons (Fsp3) is 0.526. The standard InChI is InChI=1S/C19H27F2N7O/c1-13-25-26-17(27(13)2)11-23-19(22-8-10-29-3)24-14-7-9-28(12-14)18-15(20)5-4-6-16(18)21/h4-6,14H,7-12H2,1-3H3,(H2,22,23,24). The Morgan fingerprint density at radius 3 is 2.72 bits per heavy atom. The monoisotopic (exact) mass is 407 g/mol. The Hall–Kier alpha value is -2.75. The number of aromatic nitrogens is 3. The molecule has 1 aliphatic rings. The van der Waals surface area contributed by atoms with Gasteiger partial charge in [0, 0.05) is 39.8 Å². The van der Waals surface area contributed by atoms with Gasteiger partial charge in [0.05, 0.1) is 6.61 Å². The van der Waals surface area contributed by atoms with E-state index in [1.54, 1.807) is 12.0 Å². The number of aliphatic imine (C=N–C) groups is 1. The number of benzene rings is 1. The molecular formula is C19H27F2N7O. The first kappa shape index (κ1) is 21.0. The van der Waals surface area contributed by atoms with Crippen LogP contribution in [0.15, 0.2) is 23.2 Å². The van der Waals surface area contributed by atoms with Crippen molar-refractivity contribution < 1.29 is 13.5 Å². The molecule has 0 radical (unpaired) electrons. The normalized spacial score (nSPS) is 17.1. The van der Waals surface area contributed by atoms with Crippen molar-refractivity contribution in [2.45, 2.75) is 25.9 Å². The van der Waals surface area contributed by atoms with Crippen molar-refractivity contribution in [3.63, 3.8) is 0 Å². The van der Waals surface area contributed by atoms with Crippen LogP contribution in [0.3, 0.4) is 0 Å². The zero-order valence-corrected chi connectivity index (χ0v) is 17.0. The maximum absolute atomic E-state index is 14.1. The van der Waals surface area contributed by atoms with Crippen LogP contribution in [-0.4, -0.2) is 60.1 Å². The fourth-order valence-corrected chi connectivity index (χ4v) is 3.23. The highest BCUT2D eigenvalue weighted by atomic mass is 19.1. The van der Waals surface area contributed by atoms with Crippen molar-refractivity contribution in [1.82, 2.24) is 25.4 Å². The molecule has 2 heterocycles. The molecule has 2 aromatic rings. The van der Waals surface area contributed by atoms with Crippen molar-refractivity contribution in [3.8, 4) is 0 Å². The van der Waals surface area contributed by atoms with Crippen molar-refractivity contribution in [2.75, 3.05) is 38.3 Å². The van der Waals surface area contributed by atoms with Gasteiger partial charge in [0.1, 0.15) is 29.7 Å². The van der Waals surface area contributed by atoms with Crippen molar-refractivity contribution in [1.29, 1.82) is 0 Å². The van der Waals surface area contributed by atoms with E-state index in [9.17, 15) is 8.78 Å². The van der Waals surface area contributed by atoms with E-state index in [-0.39, 0.29) is 11.7 Å². The molecule has 1 atom stereocenters. The first-order valence-corrected chi connectivity index (χ1v) is 9.57. The van der Waals surface area contributed by atoms with Gasteiger partial charge in [0.2, 0.25) is 0 Å². The number of nitrogens with zero attached hydrogens (tertiary/aromatic N) is 5. The third-order valence-corrected chi connectivity index (χ3v) is 4.94. The smallest absolute Gasteiger partial charge is 0.192 e. The third-order valence-electron chi connectivity index (χ3n) is 4.94. The molecule has 1 fully saturated rings. The van der Waals surface area contributed by atoms with E-state index in [4.69, 9.17) is 4.74 Å². The summed E-state index contributed by atoms with van der Waals surface area (Å²) in [7, 11) is 3.52. The van der Waals surface area contributed by atoms with Crippen molar-refractivity contribution in [3.05, 3.63) is 41.5 Å². The van der Waals surface area contributed by atoms with Gasteiger partial charge in [-0.3, -0.25) is 0 Å². The number of hydrogen-bond donors (Lipinski definition) is 2. The van der Waals surface area contributed by atoms with Crippen LogP contribution in [0.1, 0.15) is 18.1 Å². The molecule has 0 aliphatic carbocycles. The molecule has 0 bridgehead atoms. The SMILES string of the molecule is COCCNC(=NCc1nnc(C)n1C)NC1CCN(c2c(F)cccc2F)C1. The minimum Gasteiger partial charge on any atom is -0.383 e. The van der Waals surface area contributed by atoms with Crippen LogP contribution in [0.4, 0.5) is 14.5 Å². The maximum atomic E-state index is 14.1. The number of nitrogens with one attached hydrogen (secondary N) is 2. The lowest BCUT2D eigenvalue weighted by Gasteiger charge is -2.21. The van der Waals surface area contributed by atoms with E-state index in [1.807, 2.05) is 18.5 Å². The van der Waals surface area contributed by atoms with Crippen LogP contribution < -0.4 is 15.5 Å². The maximum Gasteiger partial charge on any atom is 0.192 e. The Morgan fingerprint density at radius 2 is 2.07 bits per heavy atom. The number of aryl methyl sites for hydroxylation is 1. The second kappa shape index (κ2) is 9.64. The summed E-state index contributed by atoms with van der Waals surface area (Å²) in [6, 6.07) is 3.94. The molecule has 3 rings (SSSR count). The van der Waals surface area contributed by atoms with Crippen LogP contribution in [0, 0.1) is 18.6 Å². The van der Waals surface area contributed by atoms with Gasteiger partial charge in [-0.2, -0.15) is 0 Å². The second-order valence-electron chi connectivity index (χ2n) is 6.95. The quantitative estimate of drug-likeness (QED) is 0.410. The summed E-state index contributed by atoms with van der Waals surface area (Å²) in [5.41, 5.74) is 0.0252. The van der Waals surface area contributed by atoms with E-state index >= 15 is 0 Å². The molecule has 2 N–H and O–H groups in total. The van der Waals surface area contributed by atoms with E-state index in [0.717, 1.165) is 18.1 Å². The molecule has 158 valence electrons. The number of halogens is 2. The van der Waals surface area contributed by atoms with Gasteiger partial charge >= 0.3 is 0 Å². The molecule has 29 heavy (non-hydrogen) atoms. The molecule has 1 unspecified atom stereocenters. The van der Waals surface area contributed by atoms with Gasteiger partial charge in [-0.15, -0.1) is 10.2 Å². The van der Waals surface area contributed by atoms with Crippen molar-refractivity contribution in [2.24, 2.45) is 12.0 Å². The van der Waals surface area contributed by atoms with Crippen LogP contribution in [0.5, 0.6) is 0 Å². The Balaban J connectivity index is 1.66. The molecule has 1 aliphatic heterocycles. The summed E-state index contributed by atoms with van der Waals surface area (Å²) in [6.07, 6.45) is 0.738. The van der Waals surface area contributed by atoms with Crippen LogP contribution in [0.2, 0.25) is 0 Å². The zero-order chi connectivity index (χ0) is 20.8. The van der Waals surface area contributed by atoms with Crippen LogP contribution >= 0.6 is 0 Å². The number of rotatable bonds is 7. The first-order valence-electron chi connectivity index (χ1n) is 9.57. The number of para-hydroxylation sites is 1. The van der Waals surface area contributed by atoms with E-state index in [0.29, 0.717) is 38.7 Å².